The number of hydrogen-bond donors (Lipinski definition) is 4. The smallest absolute Gasteiger partial charge is 0.303 e. The molecule has 2 saturated heterocycles. The Hall–Kier alpha value is -5.25. The molecule has 2 amide bonds. The molecule has 3 unspecified atom stereocenters. The van der Waals surface area contributed by atoms with Crippen molar-refractivity contribution in [3.05, 3.63) is 23.8 Å². The Bertz CT molecular complexity index is 2070. The summed E-state index contributed by atoms with van der Waals surface area (Å²) in [6.07, 6.45) is 10.7. The third-order valence-corrected chi connectivity index (χ3v) is 12.0. The van der Waals surface area contributed by atoms with Crippen molar-refractivity contribution < 1.29 is 46.1 Å². The van der Waals surface area contributed by atoms with Crippen LogP contribution in [-0.2, 0) is 28.6 Å². The first-order chi connectivity index (χ1) is 32.7. The van der Waals surface area contributed by atoms with E-state index in [4.69, 9.17) is 47.1 Å². The van der Waals surface area contributed by atoms with Crippen LogP contribution < -0.4 is 39.0 Å². The summed E-state index contributed by atoms with van der Waals surface area (Å²) in [5, 5.41) is 30.0. The highest BCUT2D eigenvalue weighted by atomic mass is 35.5. The number of nitrogens with two attached hydrogens (primary N) is 2. The van der Waals surface area contributed by atoms with Crippen LogP contribution >= 0.6 is 0 Å². The Kier molecular flexibility index (Phi) is 23.2. The Morgan fingerprint density at radius 1 is 0.739 bits per heavy atom. The van der Waals surface area contributed by atoms with Gasteiger partial charge in [-0.3, -0.25) is 14.4 Å². The van der Waals surface area contributed by atoms with E-state index in [2.05, 4.69) is 73.4 Å². The summed E-state index contributed by atoms with van der Waals surface area (Å²) < 4.78 is 19.6. The first kappa shape index (κ1) is 56.3. The number of hydrogen-bond acceptors (Lipinski definition) is 18. The van der Waals surface area contributed by atoms with Gasteiger partial charge in [0.05, 0.1) is 68.9 Å². The van der Waals surface area contributed by atoms with Gasteiger partial charge >= 0.3 is 5.97 Å². The second-order valence-electron chi connectivity index (χ2n) is 18.3. The van der Waals surface area contributed by atoms with Crippen LogP contribution in [0, 0.1) is 30.1 Å². The van der Waals surface area contributed by atoms with Gasteiger partial charge in [-0.25, -0.2) is 9.36 Å². The molecular weight excluding hydrogens is 912 g/mol. The van der Waals surface area contributed by atoms with Crippen molar-refractivity contribution in [3.63, 3.8) is 0 Å². The minimum Gasteiger partial charge on any atom is -1.00 e. The van der Waals surface area contributed by atoms with Crippen LogP contribution in [0.2, 0.25) is 0 Å². The maximum Gasteiger partial charge on any atom is 0.303 e. The molecule has 0 bridgehead atoms. The predicted molar refractivity (Wildman–Crippen MR) is 254 cm³/mol. The number of anilines is 3. The maximum absolute atomic E-state index is 14.3. The van der Waals surface area contributed by atoms with E-state index in [-0.39, 0.29) is 61.7 Å². The fourth-order valence-electron chi connectivity index (χ4n) is 8.11. The molecule has 5 heterocycles. The normalized spacial score (nSPS) is 16.5. The fraction of sp³-hybridized carbons (Fsp3) is 0.733. The summed E-state index contributed by atoms with van der Waals surface area (Å²) in [4.78, 5) is 62.2. The first-order valence-corrected chi connectivity index (χ1v) is 24.0. The van der Waals surface area contributed by atoms with Gasteiger partial charge in [-0.15, -0.1) is 16.6 Å². The standard InChI is InChI=1S/C45H74N16O7.ClH/c1-8-21-66-23-25-68-26-24-67-22-12-48-43-49-44(58-17-13-56(14-18-58)41(64)38(10-11-39(62)63)60-29-36(52-54-60)34(46)27-31(3)4)51-45(50-43)59-19-15-57(16-20-59)42(65)40(33(7)9-2)61-30-37(53-55-61)35(47)28-32(5)6;/h1,29-35,38,40H,9-28,46-47H2,2-7H3,(H,62,63)(H,48,49,50,51);1H/p-1/t33-,34?,35?,38-,40?;/m0./s1. The highest BCUT2D eigenvalue weighted by Gasteiger charge is 2.35. The van der Waals surface area contributed by atoms with Gasteiger partial charge in [0.1, 0.15) is 18.7 Å². The van der Waals surface area contributed by atoms with Crippen molar-refractivity contribution >= 4 is 35.6 Å². The minimum absolute atomic E-state index is 0. The highest BCUT2D eigenvalue weighted by molar-refractivity contribution is 5.82. The number of aliphatic carboxylic acids is 1. The lowest BCUT2D eigenvalue weighted by Gasteiger charge is -2.38. The van der Waals surface area contributed by atoms with Crippen molar-refractivity contribution in [1.29, 1.82) is 0 Å². The largest absolute Gasteiger partial charge is 1.00 e. The van der Waals surface area contributed by atoms with E-state index in [0.717, 1.165) is 12.8 Å². The number of ether oxygens (including phenoxy) is 3. The van der Waals surface area contributed by atoms with Gasteiger partial charge in [0, 0.05) is 65.3 Å². The monoisotopic (exact) mass is 986 g/mol. The number of carboxylic acid groups (broad SMARTS) is 1. The Balaban J connectivity index is 0.0000104. The second-order valence-corrected chi connectivity index (χ2v) is 18.3. The zero-order chi connectivity index (χ0) is 49.2. The Labute approximate surface area is 412 Å². The van der Waals surface area contributed by atoms with Gasteiger partial charge in [-0.1, -0.05) is 64.3 Å². The number of carboxylic acids is 1. The van der Waals surface area contributed by atoms with E-state index in [1.807, 2.05) is 20.9 Å². The lowest BCUT2D eigenvalue weighted by atomic mass is 9.97. The molecule has 384 valence electrons. The molecule has 0 spiro atoms. The summed E-state index contributed by atoms with van der Waals surface area (Å²) in [7, 11) is 0. The molecule has 2 aliphatic rings. The molecule has 0 aliphatic carbocycles. The summed E-state index contributed by atoms with van der Waals surface area (Å²) in [6, 6.07) is -2.01. The van der Waals surface area contributed by atoms with Gasteiger partial charge in [-0.2, -0.15) is 15.0 Å². The van der Waals surface area contributed by atoms with Crippen LogP contribution in [0.5, 0.6) is 0 Å². The van der Waals surface area contributed by atoms with E-state index in [9.17, 15) is 19.5 Å². The molecule has 0 aromatic carbocycles. The van der Waals surface area contributed by atoms with Crippen LogP contribution in [-0.4, -0.2) is 176 Å². The number of carbonyl (C=O) groups excluding carboxylic acids is 2. The number of piperazine rings is 2. The third kappa shape index (κ3) is 17.0. The lowest BCUT2D eigenvalue weighted by Crippen LogP contribution is -3.00. The van der Waals surface area contributed by atoms with E-state index < -0.39 is 18.1 Å². The minimum atomic E-state index is -1.01. The zero-order valence-electron chi connectivity index (χ0n) is 41.2. The van der Waals surface area contributed by atoms with Gasteiger partial charge in [0.2, 0.25) is 29.7 Å². The van der Waals surface area contributed by atoms with Crippen LogP contribution in [0.4, 0.5) is 17.8 Å². The quantitative estimate of drug-likeness (QED) is 0.0498. The molecule has 0 radical (unpaired) electrons. The summed E-state index contributed by atoms with van der Waals surface area (Å²) in [5.41, 5.74) is 14.0. The van der Waals surface area contributed by atoms with Crippen LogP contribution in [0.15, 0.2) is 12.4 Å². The van der Waals surface area contributed by atoms with Gasteiger partial charge in [0.15, 0.2) is 0 Å². The first-order valence-electron chi connectivity index (χ1n) is 24.0. The molecular formula is C45H74ClN16O7-. The van der Waals surface area contributed by atoms with Gasteiger partial charge < -0.3 is 68.1 Å². The SMILES string of the molecule is C#CCOCCOCCOCCNc1nc(N2CCN(C(=O)C([C@@H](C)CC)n3cc(C(N)CC(C)C)nn3)CC2)nc(N2CCN(C(=O)[C@H](CCC(=O)O)n3cc(C(N)CC(C)C)nn3)CC2)n1.[Cl-]. The third-order valence-electron chi connectivity index (χ3n) is 12.0. The van der Waals surface area contributed by atoms with E-state index in [1.54, 1.807) is 15.8 Å². The number of aromatic nitrogens is 9. The van der Waals surface area contributed by atoms with Crippen molar-refractivity contribution in [2.24, 2.45) is 29.2 Å². The van der Waals surface area contributed by atoms with E-state index >= 15 is 0 Å². The van der Waals surface area contributed by atoms with Crippen LogP contribution in [0.1, 0.15) is 109 Å². The molecule has 24 heteroatoms. The lowest BCUT2D eigenvalue weighted by molar-refractivity contribution is -0.139. The molecule has 69 heavy (non-hydrogen) atoms. The number of nitrogens with zero attached hydrogens (tertiary/aromatic N) is 13. The van der Waals surface area contributed by atoms with Crippen LogP contribution in [0.25, 0.3) is 0 Å². The number of rotatable bonds is 28. The molecule has 5 rings (SSSR count). The molecule has 3 aromatic rings. The van der Waals surface area contributed by atoms with Crippen molar-refractivity contribution in [2.75, 3.05) is 114 Å². The number of amides is 2. The predicted octanol–water partition coefficient (Wildman–Crippen LogP) is -1.06. The Morgan fingerprint density at radius 3 is 1.74 bits per heavy atom. The molecule has 0 saturated carbocycles. The van der Waals surface area contributed by atoms with E-state index in [0.29, 0.717) is 139 Å². The summed E-state index contributed by atoms with van der Waals surface area (Å²) >= 11 is 0. The Morgan fingerprint density at radius 2 is 1.23 bits per heavy atom. The average Bonchev–Trinajstić information content (AvgIpc) is 4.02. The zero-order valence-corrected chi connectivity index (χ0v) is 41.9. The molecule has 5 atom stereocenters. The molecule has 6 N–H and O–H groups in total. The fourth-order valence-corrected chi connectivity index (χ4v) is 8.11. The highest BCUT2D eigenvalue weighted by Crippen LogP contribution is 2.28. The summed E-state index contributed by atoms with van der Waals surface area (Å²) in [5.74, 6) is 3.11. The van der Waals surface area contributed by atoms with Crippen molar-refractivity contribution in [2.45, 2.75) is 97.8 Å². The van der Waals surface area contributed by atoms with Crippen molar-refractivity contribution in [1.82, 2.24) is 54.7 Å². The number of nitrogens with one attached hydrogen (secondary N) is 1. The maximum atomic E-state index is 14.3. The number of terminal acetylenes is 1. The number of halogens is 1. The average molecular weight is 987 g/mol. The molecule has 23 nitrogen and oxygen atoms in total. The number of carbonyl (C=O) groups is 3. The van der Waals surface area contributed by atoms with E-state index in [1.165, 1.54) is 4.68 Å². The second kappa shape index (κ2) is 28.4. The summed E-state index contributed by atoms with van der Waals surface area (Å²) in [6.45, 7) is 18.4. The molecule has 2 aliphatic heterocycles. The molecule has 3 aromatic heterocycles. The topological polar surface area (TPSA) is 276 Å². The van der Waals surface area contributed by atoms with Gasteiger partial charge in [0.25, 0.3) is 0 Å². The van der Waals surface area contributed by atoms with Crippen LogP contribution in [0.3, 0.4) is 0 Å². The van der Waals surface area contributed by atoms with Gasteiger partial charge in [-0.05, 0) is 37.0 Å². The molecule has 2 fully saturated rings. The van der Waals surface area contributed by atoms with Crippen molar-refractivity contribution in [3.8, 4) is 12.3 Å².